The molecule has 0 heterocycles. The molecule has 4 aliphatic rings. The molecule has 3 fully saturated rings. The quantitative estimate of drug-likeness (QED) is 0.443. The lowest BCUT2D eigenvalue weighted by Gasteiger charge is -2.59. The minimum absolute atomic E-state index is 0.200. The molecule has 28 heavy (non-hydrogen) atoms. The van der Waals surface area contributed by atoms with Crippen LogP contribution >= 0.6 is 0 Å². The minimum atomic E-state index is -1.29. The SMILES string of the molecule is CCCCCC12CCC(C3(F)C=CC=CC3c3ccc(OC)cc3)(CC1)CC2. The van der Waals surface area contributed by atoms with Crippen molar-refractivity contribution in [2.24, 2.45) is 10.8 Å². The minimum Gasteiger partial charge on any atom is -0.497 e. The lowest BCUT2D eigenvalue weighted by molar-refractivity contribution is -0.101. The normalized spacial score (nSPS) is 36.6. The van der Waals surface area contributed by atoms with E-state index in [1.165, 1.54) is 44.9 Å². The third-order valence-electron chi connectivity index (χ3n) is 8.21. The first-order valence-electron chi connectivity index (χ1n) is 11.3. The van der Waals surface area contributed by atoms with Crippen LogP contribution < -0.4 is 4.74 Å². The molecule has 5 rings (SSSR count). The molecule has 0 aliphatic heterocycles. The van der Waals surface area contributed by atoms with Crippen molar-refractivity contribution < 1.29 is 9.13 Å². The third-order valence-corrected chi connectivity index (χ3v) is 8.21. The molecule has 3 saturated carbocycles. The molecule has 2 atom stereocenters. The maximum absolute atomic E-state index is 16.9. The Labute approximate surface area is 170 Å². The number of hydrogen-bond acceptors (Lipinski definition) is 1. The van der Waals surface area contributed by atoms with E-state index in [1.807, 2.05) is 42.5 Å². The van der Waals surface area contributed by atoms with Crippen molar-refractivity contribution in [1.29, 1.82) is 0 Å². The molecule has 2 heteroatoms. The number of hydrogen-bond donors (Lipinski definition) is 0. The lowest BCUT2D eigenvalue weighted by atomic mass is 9.46. The number of halogens is 1. The van der Waals surface area contributed by atoms with E-state index in [4.69, 9.17) is 4.74 Å². The summed E-state index contributed by atoms with van der Waals surface area (Å²) < 4.78 is 22.2. The van der Waals surface area contributed by atoms with Gasteiger partial charge in [-0.25, -0.2) is 4.39 Å². The number of alkyl halides is 1. The monoisotopic (exact) mass is 382 g/mol. The number of methoxy groups -OCH3 is 1. The van der Waals surface area contributed by atoms with Gasteiger partial charge in [-0.15, -0.1) is 0 Å². The summed E-state index contributed by atoms with van der Waals surface area (Å²) in [5, 5.41) is 0. The highest BCUT2D eigenvalue weighted by molar-refractivity contribution is 5.40. The number of benzene rings is 1. The summed E-state index contributed by atoms with van der Waals surface area (Å²) in [6, 6.07) is 8.00. The van der Waals surface area contributed by atoms with Crippen LogP contribution in [0, 0.1) is 10.8 Å². The van der Waals surface area contributed by atoms with Crippen molar-refractivity contribution in [1.82, 2.24) is 0 Å². The van der Waals surface area contributed by atoms with E-state index in [0.29, 0.717) is 5.41 Å². The Balaban J connectivity index is 1.57. The summed E-state index contributed by atoms with van der Waals surface area (Å²) in [7, 11) is 1.67. The average Bonchev–Trinajstić information content (AvgIpc) is 2.75. The van der Waals surface area contributed by atoms with Crippen molar-refractivity contribution in [3.63, 3.8) is 0 Å². The molecule has 4 aliphatic carbocycles. The molecule has 0 aromatic heterocycles. The zero-order chi connectivity index (χ0) is 19.7. The second kappa shape index (κ2) is 7.69. The predicted molar refractivity (Wildman–Crippen MR) is 115 cm³/mol. The maximum Gasteiger partial charge on any atom is 0.145 e. The van der Waals surface area contributed by atoms with Crippen LogP contribution in [0.4, 0.5) is 4.39 Å². The predicted octanol–water partition coefficient (Wildman–Crippen LogP) is 7.53. The molecule has 2 unspecified atom stereocenters. The molecule has 1 aromatic carbocycles. The van der Waals surface area contributed by atoms with Crippen molar-refractivity contribution in [3.05, 3.63) is 54.1 Å². The summed E-state index contributed by atoms with van der Waals surface area (Å²) in [6.45, 7) is 2.28. The first-order chi connectivity index (χ1) is 13.6. The summed E-state index contributed by atoms with van der Waals surface area (Å²) in [5.74, 6) is 0.628. The van der Waals surface area contributed by atoms with Gasteiger partial charge in [-0.3, -0.25) is 0 Å². The van der Waals surface area contributed by atoms with Crippen LogP contribution in [0.15, 0.2) is 48.6 Å². The smallest absolute Gasteiger partial charge is 0.145 e. The van der Waals surface area contributed by atoms with Gasteiger partial charge in [0.15, 0.2) is 0 Å². The van der Waals surface area contributed by atoms with Crippen molar-refractivity contribution in [3.8, 4) is 5.75 Å². The van der Waals surface area contributed by atoms with Gasteiger partial charge >= 0.3 is 0 Å². The van der Waals surface area contributed by atoms with Gasteiger partial charge < -0.3 is 4.74 Å². The Morgan fingerprint density at radius 3 is 2.25 bits per heavy atom. The second-order valence-corrected chi connectivity index (χ2v) is 9.50. The second-order valence-electron chi connectivity index (χ2n) is 9.50. The van der Waals surface area contributed by atoms with Crippen LogP contribution in [-0.2, 0) is 0 Å². The first kappa shape index (κ1) is 19.7. The highest BCUT2D eigenvalue weighted by Crippen LogP contribution is 2.66. The van der Waals surface area contributed by atoms with Gasteiger partial charge in [0.25, 0.3) is 0 Å². The standard InChI is InChI=1S/C26H35FO/c1-3-4-6-13-24-15-18-25(19-16-24,20-17-24)26(27)14-7-5-8-23(26)21-9-11-22(28-2)12-10-21/h5,7-12,14,23H,3-4,6,13,15-20H2,1-2H3. The topological polar surface area (TPSA) is 9.23 Å². The molecule has 0 N–H and O–H groups in total. The Morgan fingerprint density at radius 1 is 0.964 bits per heavy atom. The summed E-state index contributed by atoms with van der Waals surface area (Å²) in [6.07, 6.45) is 20.0. The van der Waals surface area contributed by atoms with Crippen LogP contribution in [0.5, 0.6) is 5.75 Å². The molecule has 0 saturated heterocycles. The zero-order valence-electron chi connectivity index (χ0n) is 17.6. The van der Waals surface area contributed by atoms with E-state index >= 15 is 4.39 Å². The van der Waals surface area contributed by atoms with Crippen LogP contribution in [0.2, 0.25) is 0 Å². The summed E-state index contributed by atoms with van der Waals surface area (Å²) in [5.41, 5.74) is 0.0815. The number of unbranched alkanes of at least 4 members (excludes halogenated alkanes) is 2. The number of allylic oxidation sites excluding steroid dienone is 4. The largest absolute Gasteiger partial charge is 0.497 e. The van der Waals surface area contributed by atoms with Crippen LogP contribution in [0.3, 0.4) is 0 Å². The van der Waals surface area contributed by atoms with Crippen molar-refractivity contribution >= 4 is 0 Å². The van der Waals surface area contributed by atoms with Gasteiger partial charge in [-0.05, 0) is 74.1 Å². The molecule has 152 valence electrons. The fourth-order valence-electron chi connectivity index (χ4n) is 6.25. The number of fused-ring (bicyclic) bond motifs is 3. The Hall–Kier alpha value is -1.57. The maximum atomic E-state index is 16.9. The molecular formula is C26H35FO. The first-order valence-corrected chi connectivity index (χ1v) is 11.3. The fraction of sp³-hybridized carbons (Fsp3) is 0.615. The van der Waals surface area contributed by atoms with Gasteiger partial charge in [0, 0.05) is 11.3 Å². The highest BCUT2D eigenvalue weighted by atomic mass is 19.1. The number of rotatable bonds is 7. The van der Waals surface area contributed by atoms with Crippen LogP contribution in [0.25, 0.3) is 0 Å². The molecule has 1 aromatic rings. The van der Waals surface area contributed by atoms with Gasteiger partial charge in [0.1, 0.15) is 11.4 Å². The van der Waals surface area contributed by atoms with Crippen LogP contribution in [0.1, 0.15) is 82.6 Å². The lowest BCUT2D eigenvalue weighted by Crippen LogP contribution is -2.55. The Bertz CT molecular complexity index is 707. The molecular weight excluding hydrogens is 347 g/mol. The molecule has 0 spiro atoms. The number of ether oxygens (including phenoxy) is 1. The third kappa shape index (κ3) is 3.23. The molecule has 2 bridgehead atoms. The van der Waals surface area contributed by atoms with Crippen LogP contribution in [-0.4, -0.2) is 12.8 Å². The highest BCUT2D eigenvalue weighted by Gasteiger charge is 2.60. The van der Waals surface area contributed by atoms with Crippen molar-refractivity contribution in [2.45, 2.75) is 82.7 Å². The van der Waals surface area contributed by atoms with E-state index in [9.17, 15) is 0 Å². The van der Waals surface area contributed by atoms with Gasteiger partial charge in [0.05, 0.1) is 7.11 Å². The molecule has 1 nitrogen and oxygen atoms in total. The molecule has 0 radical (unpaired) electrons. The summed E-state index contributed by atoms with van der Waals surface area (Å²) >= 11 is 0. The molecule has 0 amide bonds. The Morgan fingerprint density at radius 2 is 1.64 bits per heavy atom. The fourth-order valence-corrected chi connectivity index (χ4v) is 6.25. The van der Waals surface area contributed by atoms with E-state index in [2.05, 4.69) is 13.0 Å². The Kier molecular flexibility index (Phi) is 5.42. The van der Waals surface area contributed by atoms with Gasteiger partial charge in [-0.2, -0.15) is 0 Å². The van der Waals surface area contributed by atoms with Crippen molar-refractivity contribution in [2.75, 3.05) is 7.11 Å². The van der Waals surface area contributed by atoms with E-state index < -0.39 is 5.67 Å². The van der Waals surface area contributed by atoms with E-state index in [-0.39, 0.29) is 11.3 Å². The van der Waals surface area contributed by atoms with Gasteiger partial charge in [0.2, 0.25) is 0 Å². The van der Waals surface area contributed by atoms with Gasteiger partial charge in [-0.1, -0.05) is 56.5 Å². The average molecular weight is 383 g/mol. The summed E-state index contributed by atoms with van der Waals surface area (Å²) in [4.78, 5) is 0. The van der Waals surface area contributed by atoms with E-state index in [1.54, 1.807) is 7.11 Å². The zero-order valence-corrected chi connectivity index (χ0v) is 17.6. The van der Waals surface area contributed by atoms with E-state index in [0.717, 1.165) is 30.6 Å².